The first kappa shape index (κ1) is 21.2. The van der Waals surface area contributed by atoms with E-state index < -0.39 is 5.92 Å². The number of hydrogen-bond acceptors (Lipinski definition) is 4. The molecule has 0 amide bonds. The Balaban J connectivity index is 1.82. The fourth-order valence-electron chi connectivity index (χ4n) is 4.70. The molecular formula is C27H22ClN3O2. The monoisotopic (exact) mass is 455 g/mol. The molecule has 0 fully saturated rings. The number of halogens is 1. The zero-order valence-electron chi connectivity index (χ0n) is 17.8. The van der Waals surface area contributed by atoms with Gasteiger partial charge in [-0.1, -0.05) is 48.0 Å². The number of nitrogens with one attached hydrogen (secondary N) is 1. The van der Waals surface area contributed by atoms with Crippen LogP contribution in [0.25, 0.3) is 5.76 Å². The van der Waals surface area contributed by atoms with Gasteiger partial charge in [-0.25, -0.2) is 0 Å². The van der Waals surface area contributed by atoms with Gasteiger partial charge >= 0.3 is 0 Å². The summed E-state index contributed by atoms with van der Waals surface area (Å²) in [7, 11) is 0. The molecule has 6 heteroatoms. The van der Waals surface area contributed by atoms with Crippen molar-refractivity contribution in [3.8, 4) is 0 Å². The first-order valence-electron chi connectivity index (χ1n) is 10.9. The first-order chi connectivity index (χ1) is 16.1. The summed E-state index contributed by atoms with van der Waals surface area (Å²) in [5.41, 5.74) is 3.91. The van der Waals surface area contributed by atoms with Crippen molar-refractivity contribution >= 4 is 34.7 Å². The average molecular weight is 456 g/mol. The number of rotatable bonds is 3. The number of Topliss-reactive ketones (excluding diaryl/α,β-unsaturated/α-hetero) is 1. The van der Waals surface area contributed by atoms with E-state index in [1.165, 1.54) is 0 Å². The molecule has 0 spiro atoms. The Kier molecular flexibility index (Phi) is 5.56. The summed E-state index contributed by atoms with van der Waals surface area (Å²) in [5.74, 6) is -0.410. The molecule has 1 atom stereocenters. The summed E-state index contributed by atoms with van der Waals surface area (Å²) >= 11 is 6.12. The molecule has 2 N–H and O–H groups in total. The van der Waals surface area contributed by atoms with Crippen LogP contribution >= 0.6 is 11.6 Å². The number of pyridine rings is 1. The highest BCUT2D eigenvalue weighted by molar-refractivity contribution is 6.30. The highest BCUT2D eigenvalue weighted by Crippen LogP contribution is 2.47. The van der Waals surface area contributed by atoms with Gasteiger partial charge in [0.15, 0.2) is 5.78 Å². The number of aliphatic hydroxyl groups is 1. The molecule has 0 saturated carbocycles. The number of hydrogen-bond donors (Lipinski definition) is 2. The molecule has 0 bridgehead atoms. The zero-order valence-corrected chi connectivity index (χ0v) is 18.6. The Morgan fingerprint density at radius 3 is 2.48 bits per heavy atom. The van der Waals surface area contributed by atoms with E-state index >= 15 is 0 Å². The minimum Gasteiger partial charge on any atom is -0.507 e. The van der Waals surface area contributed by atoms with Crippen LogP contribution in [0.2, 0.25) is 5.02 Å². The number of amidine groups is 1. The van der Waals surface area contributed by atoms with Gasteiger partial charge < -0.3 is 5.11 Å². The number of carbonyl (C=O) groups is 1. The predicted octanol–water partition coefficient (Wildman–Crippen LogP) is 6.29. The average Bonchev–Trinajstić information content (AvgIpc) is 2.85. The number of allylic oxidation sites excluding steroid dienone is 2. The number of benzene rings is 2. The molecule has 5 nitrogen and oxygen atoms in total. The van der Waals surface area contributed by atoms with Gasteiger partial charge in [0.25, 0.3) is 0 Å². The predicted molar refractivity (Wildman–Crippen MR) is 131 cm³/mol. The van der Waals surface area contributed by atoms with Gasteiger partial charge in [0.1, 0.15) is 11.6 Å². The third-order valence-electron chi connectivity index (χ3n) is 6.16. The molecule has 164 valence electrons. The van der Waals surface area contributed by atoms with E-state index in [9.17, 15) is 15.3 Å². The van der Waals surface area contributed by atoms with E-state index in [1.54, 1.807) is 41.6 Å². The summed E-state index contributed by atoms with van der Waals surface area (Å²) in [6, 6.07) is 20.1. The Labute approximate surface area is 197 Å². The fourth-order valence-corrected chi connectivity index (χ4v) is 4.82. The van der Waals surface area contributed by atoms with Crippen LogP contribution < -0.4 is 4.90 Å². The lowest BCUT2D eigenvalue weighted by Gasteiger charge is -2.41. The largest absolute Gasteiger partial charge is 0.507 e. The van der Waals surface area contributed by atoms with Crippen molar-refractivity contribution in [1.82, 2.24) is 4.98 Å². The van der Waals surface area contributed by atoms with Gasteiger partial charge in [-0.3, -0.25) is 20.1 Å². The number of aromatic nitrogens is 1. The molecular weight excluding hydrogens is 434 g/mol. The lowest BCUT2D eigenvalue weighted by Crippen LogP contribution is -2.42. The molecule has 3 aromatic rings. The SMILES string of the molecule is N=C1/C(=C(/O)c2ccccc2)C(c2cccnc2)C2=C(CCCC2=O)N1c1ccc(Cl)cc1. The highest BCUT2D eigenvalue weighted by atomic mass is 35.5. The maximum absolute atomic E-state index is 13.4. The number of carbonyl (C=O) groups excluding carboxylic acids is 1. The molecule has 33 heavy (non-hydrogen) atoms. The number of ketones is 1. The Hall–Kier alpha value is -3.70. The zero-order chi connectivity index (χ0) is 22.9. The summed E-state index contributed by atoms with van der Waals surface area (Å²) in [5, 5.41) is 21.3. The maximum atomic E-state index is 13.4. The number of anilines is 1. The van der Waals surface area contributed by atoms with E-state index in [1.807, 2.05) is 42.5 Å². The molecule has 5 rings (SSSR count). The molecule has 1 aliphatic carbocycles. The standard InChI is InChI=1S/C27H22ClN3O2/c28-19-11-13-20(14-12-19)31-21-9-4-10-22(32)24(21)23(18-8-5-15-30-16-18)25(27(31)29)26(33)17-6-2-1-3-7-17/h1-3,5-8,11-16,23,29,33H,4,9-10H2/b26-25+,29-27?. The van der Waals surface area contributed by atoms with Crippen LogP contribution in [0.3, 0.4) is 0 Å². The quantitative estimate of drug-likeness (QED) is 0.455. The van der Waals surface area contributed by atoms with E-state index in [2.05, 4.69) is 4.98 Å². The van der Waals surface area contributed by atoms with Gasteiger partial charge in [-0.05, 0) is 48.7 Å². The van der Waals surface area contributed by atoms with Crippen LogP contribution in [0, 0.1) is 5.41 Å². The Bertz CT molecular complexity index is 1280. The van der Waals surface area contributed by atoms with Crippen LogP contribution in [0.5, 0.6) is 0 Å². The van der Waals surface area contributed by atoms with E-state index in [-0.39, 0.29) is 17.4 Å². The highest BCUT2D eigenvalue weighted by Gasteiger charge is 2.43. The van der Waals surface area contributed by atoms with Gasteiger partial charge in [-0.15, -0.1) is 0 Å². The Morgan fingerprint density at radius 2 is 1.79 bits per heavy atom. The summed E-state index contributed by atoms with van der Waals surface area (Å²) in [6.45, 7) is 0. The minimum atomic E-state index is -0.572. The van der Waals surface area contributed by atoms with Crippen molar-refractivity contribution < 1.29 is 9.90 Å². The first-order valence-corrected chi connectivity index (χ1v) is 11.2. The lowest BCUT2D eigenvalue weighted by atomic mass is 9.74. The molecule has 1 aromatic heterocycles. The molecule has 2 aromatic carbocycles. The smallest absolute Gasteiger partial charge is 0.161 e. The van der Waals surface area contributed by atoms with Crippen LogP contribution in [0.1, 0.15) is 36.3 Å². The van der Waals surface area contributed by atoms with E-state index in [0.717, 1.165) is 23.4 Å². The topological polar surface area (TPSA) is 77.3 Å². The molecule has 0 radical (unpaired) electrons. The lowest BCUT2D eigenvalue weighted by molar-refractivity contribution is -0.116. The van der Waals surface area contributed by atoms with Crippen LogP contribution in [-0.2, 0) is 4.79 Å². The second kappa shape index (κ2) is 8.68. The van der Waals surface area contributed by atoms with Crippen LogP contribution in [-0.4, -0.2) is 21.7 Å². The van der Waals surface area contributed by atoms with Crippen molar-refractivity contribution in [3.05, 3.63) is 112 Å². The normalized spacial score (nSPS) is 20.0. The molecule has 2 heterocycles. The van der Waals surface area contributed by atoms with E-state index in [0.29, 0.717) is 34.6 Å². The Morgan fingerprint density at radius 1 is 1.03 bits per heavy atom. The summed E-state index contributed by atoms with van der Waals surface area (Å²) < 4.78 is 0. The third kappa shape index (κ3) is 3.74. The fraction of sp³-hybridized carbons (Fsp3) is 0.148. The van der Waals surface area contributed by atoms with Crippen molar-refractivity contribution in [2.24, 2.45) is 0 Å². The van der Waals surface area contributed by atoms with Gasteiger partial charge in [0, 0.05) is 57.8 Å². The molecule has 1 aliphatic heterocycles. The van der Waals surface area contributed by atoms with Crippen LogP contribution in [0.15, 0.2) is 96.0 Å². The van der Waals surface area contributed by atoms with Gasteiger partial charge in [-0.2, -0.15) is 0 Å². The number of nitrogens with zero attached hydrogens (tertiary/aromatic N) is 2. The third-order valence-corrected chi connectivity index (χ3v) is 6.41. The van der Waals surface area contributed by atoms with Gasteiger partial charge in [0.2, 0.25) is 0 Å². The van der Waals surface area contributed by atoms with Crippen molar-refractivity contribution in [3.63, 3.8) is 0 Å². The number of aliphatic hydroxyl groups excluding tert-OH is 1. The molecule has 2 aliphatic rings. The van der Waals surface area contributed by atoms with Crippen molar-refractivity contribution in [1.29, 1.82) is 5.41 Å². The second-order valence-electron chi connectivity index (χ2n) is 8.15. The maximum Gasteiger partial charge on any atom is 0.161 e. The molecule has 0 saturated heterocycles. The summed E-state index contributed by atoms with van der Waals surface area (Å²) in [6.07, 6.45) is 5.22. The summed E-state index contributed by atoms with van der Waals surface area (Å²) in [4.78, 5) is 19.4. The molecule has 1 unspecified atom stereocenters. The van der Waals surface area contributed by atoms with E-state index in [4.69, 9.17) is 11.6 Å². The van der Waals surface area contributed by atoms with Crippen molar-refractivity contribution in [2.45, 2.75) is 25.2 Å². The van der Waals surface area contributed by atoms with Gasteiger partial charge in [0.05, 0.1) is 0 Å². The van der Waals surface area contributed by atoms with Crippen molar-refractivity contribution in [2.75, 3.05) is 4.90 Å². The minimum absolute atomic E-state index is 0.0154. The second-order valence-corrected chi connectivity index (χ2v) is 8.58. The van der Waals surface area contributed by atoms with Crippen LogP contribution in [0.4, 0.5) is 5.69 Å².